The van der Waals surface area contributed by atoms with Crippen molar-refractivity contribution in [1.82, 2.24) is 9.78 Å². The lowest BCUT2D eigenvalue weighted by Gasteiger charge is -2.07. The molecular weight excluding hydrogens is 262 g/mol. The molecule has 0 spiro atoms. The van der Waals surface area contributed by atoms with Gasteiger partial charge in [-0.05, 0) is 5.92 Å². The van der Waals surface area contributed by atoms with Gasteiger partial charge in [0.15, 0.2) is 5.03 Å². The quantitative estimate of drug-likeness (QED) is 0.927. The normalized spacial score (nSPS) is 12.0. The number of nitrogens with zero attached hydrogens (tertiary/aromatic N) is 2. The van der Waals surface area contributed by atoms with Crippen LogP contribution in [0, 0.1) is 5.92 Å². The number of sulfonamides is 1. The summed E-state index contributed by atoms with van der Waals surface area (Å²) in [5.41, 5.74) is 1.49. The van der Waals surface area contributed by atoms with Gasteiger partial charge >= 0.3 is 0 Å². The second-order valence-corrected chi connectivity index (χ2v) is 6.36. The van der Waals surface area contributed by atoms with Crippen molar-refractivity contribution in [1.29, 1.82) is 0 Å². The summed E-state index contributed by atoms with van der Waals surface area (Å²) >= 11 is 0. The van der Waals surface area contributed by atoms with Crippen LogP contribution in [0.2, 0.25) is 0 Å². The number of benzene rings is 1. The van der Waals surface area contributed by atoms with Crippen LogP contribution in [-0.4, -0.2) is 18.2 Å². The molecule has 0 amide bonds. The number of rotatable bonds is 4. The van der Waals surface area contributed by atoms with Gasteiger partial charge in [0, 0.05) is 18.2 Å². The molecule has 102 valence electrons. The third-order valence-corrected chi connectivity index (χ3v) is 3.55. The van der Waals surface area contributed by atoms with E-state index in [1.807, 2.05) is 44.2 Å². The standard InChI is InChI=1S/C13H17N3O2S/c1-10(2)9-16-13(19(14,17)18)8-12(15-16)11-6-4-3-5-7-11/h3-8,10H,9H2,1-2H3,(H2,14,17,18). The Bertz CT molecular complexity index is 660. The highest BCUT2D eigenvalue weighted by atomic mass is 32.2. The highest BCUT2D eigenvalue weighted by molar-refractivity contribution is 7.89. The van der Waals surface area contributed by atoms with Gasteiger partial charge in [-0.15, -0.1) is 0 Å². The van der Waals surface area contributed by atoms with Crippen molar-refractivity contribution in [2.75, 3.05) is 0 Å². The van der Waals surface area contributed by atoms with Crippen LogP contribution in [0.1, 0.15) is 13.8 Å². The largest absolute Gasteiger partial charge is 0.255 e. The maximum atomic E-state index is 11.6. The van der Waals surface area contributed by atoms with Crippen LogP contribution in [0.3, 0.4) is 0 Å². The van der Waals surface area contributed by atoms with Crippen LogP contribution in [-0.2, 0) is 16.6 Å². The first kappa shape index (κ1) is 13.8. The molecule has 0 radical (unpaired) electrons. The van der Waals surface area contributed by atoms with Gasteiger partial charge in [-0.1, -0.05) is 44.2 Å². The fraction of sp³-hybridized carbons (Fsp3) is 0.308. The highest BCUT2D eigenvalue weighted by Crippen LogP contribution is 2.21. The summed E-state index contributed by atoms with van der Waals surface area (Å²) in [6.07, 6.45) is 0. The van der Waals surface area contributed by atoms with E-state index in [0.717, 1.165) is 5.56 Å². The lowest BCUT2D eigenvalue weighted by molar-refractivity contribution is 0.450. The Labute approximate surface area is 113 Å². The van der Waals surface area contributed by atoms with E-state index in [2.05, 4.69) is 5.10 Å². The van der Waals surface area contributed by atoms with E-state index in [-0.39, 0.29) is 10.9 Å². The summed E-state index contributed by atoms with van der Waals surface area (Å²) in [7, 11) is -3.77. The average molecular weight is 279 g/mol. The molecule has 2 N–H and O–H groups in total. The van der Waals surface area contributed by atoms with Crippen molar-refractivity contribution in [2.45, 2.75) is 25.4 Å². The van der Waals surface area contributed by atoms with Crippen molar-refractivity contribution in [3.05, 3.63) is 36.4 Å². The molecule has 0 aliphatic heterocycles. The van der Waals surface area contributed by atoms with Gasteiger partial charge in [-0.3, -0.25) is 4.68 Å². The molecule has 1 heterocycles. The number of nitrogens with two attached hydrogens (primary N) is 1. The van der Waals surface area contributed by atoms with Crippen molar-refractivity contribution in [3.8, 4) is 11.3 Å². The van der Waals surface area contributed by atoms with Gasteiger partial charge in [-0.2, -0.15) is 5.10 Å². The third kappa shape index (κ3) is 3.21. The topological polar surface area (TPSA) is 78.0 Å². The van der Waals surface area contributed by atoms with E-state index in [1.165, 1.54) is 10.7 Å². The first-order valence-electron chi connectivity index (χ1n) is 6.04. The van der Waals surface area contributed by atoms with Crippen LogP contribution in [0.5, 0.6) is 0 Å². The molecule has 0 bridgehead atoms. The van der Waals surface area contributed by atoms with Crippen molar-refractivity contribution >= 4 is 10.0 Å². The molecule has 0 saturated heterocycles. The molecule has 1 aromatic heterocycles. The number of primary sulfonamides is 1. The number of hydrogen-bond donors (Lipinski definition) is 1. The van der Waals surface area contributed by atoms with Gasteiger partial charge in [0.2, 0.25) is 0 Å². The van der Waals surface area contributed by atoms with E-state index < -0.39 is 10.0 Å². The molecule has 0 atom stereocenters. The number of aromatic nitrogens is 2. The summed E-state index contributed by atoms with van der Waals surface area (Å²) < 4.78 is 24.7. The Morgan fingerprint density at radius 3 is 2.42 bits per heavy atom. The maximum Gasteiger partial charge on any atom is 0.255 e. The van der Waals surface area contributed by atoms with E-state index in [0.29, 0.717) is 12.2 Å². The fourth-order valence-corrected chi connectivity index (χ4v) is 2.54. The molecule has 0 aliphatic carbocycles. The Morgan fingerprint density at radius 2 is 1.89 bits per heavy atom. The molecule has 1 aromatic carbocycles. The molecule has 0 fully saturated rings. The second kappa shape index (κ2) is 5.14. The molecule has 0 aliphatic rings. The fourth-order valence-electron chi connectivity index (χ4n) is 1.86. The maximum absolute atomic E-state index is 11.6. The molecule has 19 heavy (non-hydrogen) atoms. The smallest absolute Gasteiger partial charge is 0.252 e. The molecule has 0 unspecified atom stereocenters. The Balaban J connectivity index is 2.52. The molecule has 5 nitrogen and oxygen atoms in total. The second-order valence-electron chi connectivity index (χ2n) is 4.85. The van der Waals surface area contributed by atoms with Crippen molar-refractivity contribution in [2.24, 2.45) is 11.1 Å². The van der Waals surface area contributed by atoms with Gasteiger partial charge in [0.25, 0.3) is 10.0 Å². The first-order chi connectivity index (χ1) is 8.88. The van der Waals surface area contributed by atoms with E-state index in [4.69, 9.17) is 5.14 Å². The minimum absolute atomic E-state index is 0.0556. The van der Waals surface area contributed by atoms with Gasteiger partial charge in [0.1, 0.15) is 0 Å². The van der Waals surface area contributed by atoms with Gasteiger partial charge < -0.3 is 0 Å². The molecule has 0 saturated carbocycles. The zero-order valence-electron chi connectivity index (χ0n) is 10.9. The predicted octanol–water partition coefficient (Wildman–Crippen LogP) is 1.85. The summed E-state index contributed by atoms with van der Waals surface area (Å²) in [6.45, 7) is 4.51. The van der Waals surface area contributed by atoms with Crippen LogP contribution < -0.4 is 5.14 Å². The monoisotopic (exact) mass is 279 g/mol. The molecule has 2 aromatic rings. The lowest BCUT2D eigenvalue weighted by atomic mass is 10.2. The first-order valence-corrected chi connectivity index (χ1v) is 7.58. The highest BCUT2D eigenvalue weighted by Gasteiger charge is 2.18. The zero-order valence-corrected chi connectivity index (χ0v) is 11.8. The summed E-state index contributed by atoms with van der Waals surface area (Å²) in [6, 6.07) is 11.0. The zero-order chi connectivity index (χ0) is 14.0. The minimum Gasteiger partial charge on any atom is -0.252 e. The Kier molecular flexibility index (Phi) is 3.73. The molecular formula is C13H17N3O2S. The van der Waals surface area contributed by atoms with Crippen LogP contribution >= 0.6 is 0 Å². The van der Waals surface area contributed by atoms with Crippen molar-refractivity contribution in [3.63, 3.8) is 0 Å². The van der Waals surface area contributed by atoms with Crippen LogP contribution in [0.15, 0.2) is 41.4 Å². The van der Waals surface area contributed by atoms with Crippen LogP contribution in [0.4, 0.5) is 0 Å². The average Bonchev–Trinajstić information content (AvgIpc) is 2.73. The summed E-state index contributed by atoms with van der Waals surface area (Å²) in [5.74, 6) is 0.282. The Morgan fingerprint density at radius 1 is 1.26 bits per heavy atom. The molecule has 2 rings (SSSR count). The number of hydrogen-bond acceptors (Lipinski definition) is 3. The van der Waals surface area contributed by atoms with Crippen molar-refractivity contribution < 1.29 is 8.42 Å². The predicted molar refractivity (Wildman–Crippen MR) is 73.9 cm³/mol. The van der Waals surface area contributed by atoms with E-state index >= 15 is 0 Å². The summed E-state index contributed by atoms with van der Waals surface area (Å²) in [4.78, 5) is 0. The SMILES string of the molecule is CC(C)Cn1nc(-c2ccccc2)cc1S(N)(=O)=O. The lowest BCUT2D eigenvalue weighted by Crippen LogP contribution is -2.19. The van der Waals surface area contributed by atoms with Crippen LogP contribution in [0.25, 0.3) is 11.3 Å². The van der Waals surface area contributed by atoms with Gasteiger partial charge in [0.05, 0.1) is 5.69 Å². The molecule has 6 heteroatoms. The minimum atomic E-state index is -3.77. The Hall–Kier alpha value is -1.66. The van der Waals surface area contributed by atoms with E-state index in [1.54, 1.807) is 0 Å². The van der Waals surface area contributed by atoms with Gasteiger partial charge in [-0.25, -0.2) is 13.6 Å². The van der Waals surface area contributed by atoms with E-state index in [9.17, 15) is 8.42 Å². The third-order valence-electron chi connectivity index (χ3n) is 2.64. The summed E-state index contributed by atoms with van der Waals surface area (Å²) in [5, 5.41) is 9.64.